The van der Waals surface area contributed by atoms with Gasteiger partial charge in [0, 0.05) is 36.1 Å². The molecule has 0 bridgehead atoms. The molecular weight excluding hydrogens is 444 g/mol. The lowest BCUT2D eigenvalue weighted by Gasteiger charge is -2.17. The number of hydrogen-bond acceptors (Lipinski definition) is 5. The first-order valence-corrected chi connectivity index (χ1v) is 12.3. The van der Waals surface area contributed by atoms with Gasteiger partial charge in [-0.15, -0.1) is 0 Å². The summed E-state index contributed by atoms with van der Waals surface area (Å²) >= 11 is 0. The van der Waals surface area contributed by atoms with E-state index in [9.17, 15) is 13.8 Å². The molecule has 0 aliphatic heterocycles. The number of aromatic nitrogens is 2. The summed E-state index contributed by atoms with van der Waals surface area (Å²) in [6.07, 6.45) is 5.02. The fourth-order valence-corrected chi connectivity index (χ4v) is 4.95. The minimum Gasteiger partial charge on any atom is -0.323 e. The Bertz CT molecular complexity index is 1150. The van der Waals surface area contributed by atoms with E-state index in [0.717, 1.165) is 16.7 Å². The number of hydrogen-bond donors (Lipinski definition) is 1. The average Bonchev–Trinajstić information content (AvgIpc) is 3.15. The maximum absolute atomic E-state index is 13.2. The molecule has 0 fully saturated rings. The number of nitrogens with zero attached hydrogens (tertiary/aromatic N) is 2. The molecule has 33 heavy (non-hydrogen) atoms. The van der Waals surface area contributed by atoms with Crippen LogP contribution in [0.25, 0.3) is 17.3 Å². The average molecular weight is 471 g/mol. The Morgan fingerprint density at radius 3 is 2.33 bits per heavy atom. The van der Waals surface area contributed by atoms with E-state index in [1.807, 2.05) is 0 Å². The van der Waals surface area contributed by atoms with Crippen molar-refractivity contribution in [1.29, 1.82) is 0 Å². The quantitative estimate of drug-likeness (QED) is 0.306. The van der Waals surface area contributed by atoms with Crippen molar-refractivity contribution in [3.63, 3.8) is 0 Å². The van der Waals surface area contributed by atoms with Crippen LogP contribution in [0.4, 0.5) is 10.1 Å². The molecule has 1 amide bonds. The van der Waals surface area contributed by atoms with Gasteiger partial charge in [-0.3, -0.25) is 14.0 Å². The smallest absolute Gasteiger partial charge is 0.323 e. The van der Waals surface area contributed by atoms with Gasteiger partial charge < -0.3 is 14.4 Å². The van der Waals surface area contributed by atoms with Crippen LogP contribution in [0.2, 0.25) is 0 Å². The molecule has 3 aromatic rings. The molecule has 9 heteroatoms. The Labute approximate surface area is 192 Å². The lowest BCUT2D eigenvalue weighted by atomic mass is 10.1. The Balaban J connectivity index is 1.66. The van der Waals surface area contributed by atoms with E-state index in [1.54, 1.807) is 74.2 Å². The topological polar surface area (TPSA) is 82.5 Å². The van der Waals surface area contributed by atoms with Crippen LogP contribution in [0.15, 0.2) is 60.8 Å². The first kappa shape index (κ1) is 24.6. The van der Waals surface area contributed by atoms with Crippen molar-refractivity contribution in [1.82, 2.24) is 9.78 Å². The highest BCUT2D eigenvalue weighted by Crippen LogP contribution is 2.51. The zero-order valence-electron chi connectivity index (χ0n) is 18.8. The Kier molecular flexibility index (Phi) is 8.33. The summed E-state index contributed by atoms with van der Waals surface area (Å²) < 4.78 is 38.2. The molecule has 0 saturated carbocycles. The number of anilines is 1. The van der Waals surface area contributed by atoms with E-state index in [4.69, 9.17) is 9.05 Å². The van der Waals surface area contributed by atoms with Crippen molar-refractivity contribution in [2.24, 2.45) is 7.05 Å². The van der Waals surface area contributed by atoms with Crippen molar-refractivity contribution in [3.8, 4) is 11.3 Å². The number of carbonyl (C=O) groups is 1. The van der Waals surface area contributed by atoms with Crippen molar-refractivity contribution >= 4 is 25.3 Å². The first-order valence-electron chi connectivity index (χ1n) is 10.6. The van der Waals surface area contributed by atoms with Gasteiger partial charge >= 0.3 is 7.60 Å². The molecule has 7 nitrogen and oxygen atoms in total. The summed E-state index contributed by atoms with van der Waals surface area (Å²) in [6, 6.07) is 13.1. The summed E-state index contributed by atoms with van der Waals surface area (Å²) in [5.41, 5.74) is 3.52. The number of nitrogens with one attached hydrogen (secondary N) is 1. The number of amides is 1. The van der Waals surface area contributed by atoms with Gasteiger partial charge in [-0.1, -0.05) is 12.1 Å². The highest BCUT2D eigenvalue weighted by Gasteiger charge is 2.23. The molecule has 1 heterocycles. The molecule has 0 atom stereocenters. The van der Waals surface area contributed by atoms with Crippen LogP contribution < -0.4 is 5.32 Å². The van der Waals surface area contributed by atoms with Gasteiger partial charge in [-0.05, 0) is 61.9 Å². The molecule has 0 unspecified atom stereocenters. The Hall–Kier alpha value is -3.06. The summed E-state index contributed by atoms with van der Waals surface area (Å²) in [7, 11) is -1.41. The molecule has 1 N–H and O–H groups in total. The van der Waals surface area contributed by atoms with Crippen molar-refractivity contribution in [2.75, 3.05) is 18.5 Å². The van der Waals surface area contributed by atoms with Crippen LogP contribution in [0.3, 0.4) is 0 Å². The molecular formula is C24H27FN3O4P. The molecule has 2 aromatic carbocycles. The molecule has 3 rings (SSSR count). The normalized spacial score (nSPS) is 11.8. The molecule has 174 valence electrons. The van der Waals surface area contributed by atoms with Crippen LogP contribution in [0.5, 0.6) is 0 Å². The van der Waals surface area contributed by atoms with Crippen molar-refractivity contribution in [3.05, 3.63) is 77.7 Å². The van der Waals surface area contributed by atoms with E-state index in [1.165, 1.54) is 18.2 Å². The number of aryl methyl sites for hydroxylation is 1. The molecule has 0 aliphatic carbocycles. The van der Waals surface area contributed by atoms with E-state index >= 15 is 0 Å². The third-order valence-electron chi connectivity index (χ3n) is 4.64. The number of carbonyl (C=O) groups excluding carboxylic acids is 1. The summed E-state index contributed by atoms with van der Waals surface area (Å²) in [6.45, 7) is 4.15. The van der Waals surface area contributed by atoms with Crippen LogP contribution in [0.1, 0.15) is 25.0 Å². The Morgan fingerprint density at radius 1 is 1.09 bits per heavy atom. The largest absolute Gasteiger partial charge is 0.335 e. The second-order valence-corrected chi connectivity index (χ2v) is 9.29. The predicted octanol–water partition coefficient (Wildman–Crippen LogP) is 5.64. The monoisotopic (exact) mass is 471 g/mol. The fraction of sp³-hybridized carbons (Fsp3) is 0.250. The molecule has 0 spiro atoms. The van der Waals surface area contributed by atoms with Crippen LogP contribution in [0, 0.1) is 5.82 Å². The summed E-state index contributed by atoms with van der Waals surface area (Å²) in [5.74, 6) is -0.637. The number of rotatable bonds is 10. The van der Waals surface area contributed by atoms with Gasteiger partial charge in [0.2, 0.25) is 5.91 Å². The molecule has 1 aromatic heterocycles. The third kappa shape index (κ3) is 6.96. The van der Waals surface area contributed by atoms with E-state index in [2.05, 4.69) is 10.4 Å². The fourth-order valence-electron chi connectivity index (χ4n) is 3.25. The predicted molar refractivity (Wildman–Crippen MR) is 127 cm³/mol. The summed E-state index contributed by atoms with van der Waals surface area (Å²) in [5, 5.41) is 7.20. The van der Waals surface area contributed by atoms with Gasteiger partial charge in [0.15, 0.2) is 0 Å². The lowest BCUT2D eigenvalue weighted by Crippen LogP contribution is -2.07. The van der Waals surface area contributed by atoms with E-state index in [-0.39, 0.29) is 17.9 Å². The van der Waals surface area contributed by atoms with Crippen molar-refractivity contribution in [2.45, 2.75) is 20.0 Å². The maximum Gasteiger partial charge on any atom is 0.335 e. The highest BCUT2D eigenvalue weighted by atomic mass is 31.2. The summed E-state index contributed by atoms with van der Waals surface area (Å²) in [4.78, 5) is 12.4. The molecule has 0 saturated heterocycles. The second kappa shape index (κ2) is 11.2. The van der Waals surface area contributed by atoms with Gasteiger partial charge in [-0.25, -0.2) is 4.39 Å². The lowest BCUT2D eigenvalue weighted by molar-refractivity contribution is -0.111. The van der Waals surface area contributed by atoms with Crippen LogP contribution >= 0.6 is 7.60 Å². The van der Waals surface area contributed by atoms with Crippen LogP contribution in [-0.2, 0) is 31.6 Å². The van der Waals surface area contributed by atoms with Gasteiger partial charge in [-0.2, -0.15) is 5.10 Å². The van der Waals surface area contributed by atoms with E-state index in [0.29, 0.717) is 24.6 Å². The Morgan fingerprint density at radius 2 is 1.73 bits per heavy atom. The maximum atomic E-state index is 13.2. The third-order valence-corrected chi connectivity index (χ3v) is 6.69. The zero-order valence-corrected chi connectivity index (χ0v) is 19.7. The van der Waals surface area contributed by atoms with Crippen molar-refractivity contribution < 1.29 is 22.8 Å². The first-order chi connectivity index (χ1) is 15.8. The SMILES string of the molecule is CCOP(=O)(Cc1ccc(NC(=O)/C=C/c2cn(C)nc2-c2ccc(F)cc2)cc1)OCC. The minimum absolute atomic E-state index is 0.163. The number of benzene rings is 2. The standard InChI is InChI=1S/C24H27FN3O4P/c1-4-31-33(30,32-5-2)17-18-6-13-22(14-7-18)26-23(29)15-10-20-16-28(3)27-24(20)19-8-11-21(25)12-9-19/h6-16H,4-5,17H2,1-3H3,(H,26,29)/b15-10+. The van der Waals surface area contributed by atoms with Gasteiger partial charge in [0.25, 0.3) is 0 Å². The highest BCUT2D eigenvalue weighted by molar-refractivity contribution is 7.53. The van der Waals surface area contributed by atoms with Crippen LogP contribution in [-0.4, -0.2) is 28.9 Å². The second-order valence-electron chi connectivity index (χ2n) is 7.24. The minimum atomic E-state index is -3.19. The van der Waals surface area contributed by atoms with E-state index < -0.39 is 7.60 Å². The van der Waals surface area contributed by atoms with Gasteiger partial charge in [0.1, 0.15) is 5.82 Å². The molecule has 0 aliphatic rings. The zero-order chi connectivity index (χ0) is 23.8. The molecule has 0 radical (unpaired) electrons. The number of halogens is 1. The van der Waals surface area contributed by atoms with Gasteiger partial charge in [0.05, 0.1) is 25.1 Å².